The zero-order chi connectivity index (χ0) is 13.4. The van der Waals surface area contributed by atoms with Gasteiger partial charge in [0.15, 0.2) is 5.82 Å². The molecule has 5 heteroatoms. The molecular weight excluding hydrogens is 254 g/mol. The highest BCUT2D eigenvalue weighted by molar-refractivity contribution is 5.35. The standard InChI is InChI=1S/C15H17N3O2/c1-2-4-13-12(3-1)9-18-14(10-20-13)16-17-15(18)11-5-7-19-8-6-11/h1-4,11H,5-10H2. The average Bonchev–Trinajstić information content (AvgIpc) is 2.81. The number of hydrogen-bond donors (Lipinski definition) is 0. The third kappa shape index (κ3) is 1.98. The quantitative estimate of drug-likeness (QED) is 0.797. The molecule has 0 bridgehead atoms. The van der Waals surface area contributed by atoms with E-state index in [1.165, 1.54) is 5.56 Å². The van der Waals surface area contributed by atoms with Crippen LogP contribution in [0.25, 0.3) is 0 Å². The van der Waals surface area contributed by atoms with Gasteiger partial charge in [0.25, 0.3) is 0 Å². The summed E-state index contributed by atoms with van der Waals surface area (Å²) in [5.74, 6) is 3.41. The first-order valence-electron chi connectivity index (χ1n) is 7.12. The van der Waals surface area contributed by atoms with Crippen molar-refractivity contribution in [3.8, 4) is 5.75 Å². The van der Waals surface area contributed by atoms with Crippen LogP contribution in [-0.4, -0.2) is 28.0 Å². The highest BCUT2D eigenvalue weighted by Crippen LogP contribution is 2.30. The molecule has 3 heterocycles. The largest absolute Gasteiger partial charge is 0.485 e. The third-order valence-electron chi connectivity index (χ3n) is 4.10. The van der Waals surface area contributed by atoms with E-state index in [2.05, 4.69) is 20.8 Å². The smallest absolute Gasteiger partial charge is 0.171 e. The van der Waals surface area contributed by atoms with Crippen molar-refractivity contribution in [3.05, 3.63) is 41.5 Å². The van der Waals surface area contributed by atoms with Gasteiger partial charge in [0.1, 0.15) is 18.2 Å². The maximum absolute atomic E-state index is 5.83. The topological polar surface area (TPSA) is 49.2 Å². The molecule has 0 atom stereocenters. The summed E-state index contributed by atoms with van der Waals surface area (Å²) < 4.78 is 13.5. The Hall–Kier alpha value is -1.88. The Morgan fingerprint density at radius 3 is 2.85 bits per heavy atom. The molecule has 1 aromatic heterocycles. The molecule has 0 aliphatic carbocycles. The van der Waals surface area contributed by atoms with Crippen LogP contribution in [0.3, 0.4) is 0 Å². The second kappa shape index (κ2) is 4.90. The second-order valence-electron chi connectivity index (χ2n) is 5.34. The highest BCUT2D eigenvalue weighted by atomic mass is 16.5. The SMILES string of the molecule is c1ccc2c(c1)Cn1c(nnc1C1CCOCC1)CO2. The van der Waals surface area contributed by atoms with Gasteiger partial charge in [-0.3, -0.25) is 0 Å². The van der Waals surface area contributed by atoms with Crippen molar-refractivity contribution in [2.45, 2.75) is 31.9 Å². The van der Waals surface area contributed by atoms with Gasteiger partial charge in [0, 0.05) is 24.7 Å². The summed E-state index contributed by atoms with van der Waals surface area (Å²) in [6.07, 6.45) is 2.06. The summed E-state index contributed by atoms with van der Waals surface area (Å²) in [6.45, 7) is 2.93. The molecule has 104 valence electrons. The van der Waals surface area contributed by atoms with Crippen molar-refractivity contribution in [2.75, 3.05) is 13.2 Å². The molecule has 1 fully saturated rings. The van der Waals surface area contributed by atoms with E-state index < -0.39 is 0 Å². The summed E-state index contributed by atoms with van der Waals surface area (Å²) in [5, 5.41) is 8.74. The van der Waals surface area contributed by atoms with Gasteiger partial charge >= 0.3 is 0 Å². The molecule has 1 aromatic carbocycles. The number of ether oxygens (including phenoxy) is 2. The Morgan fingerprint density at radius 2 is 1.95 bits per heavy atom. The Bertz CT molecular complexity index is 617. The maximum Gasteiger partial charge on any atom is 0.171 e. The molecule has 0 radical (unpaired) electrons. The zero-order valence-corrected chi connectivity index (χ0v) is 11.3. The molecule has 1 saturated heterocycles. The van der Waals surface area contributed by atoms with E-state index in [1.807, 2.05) is 18.2 Å². The van der Waals surface area contributed by atoms with E-state index in [9.17, 15) is 0 Å². The number of aromatic nitrogens is 3. The first kappa shape index (κ1) is 11.9. The Labute approximate surface area is 117 Å². The molecular formula is C15H17N3O2. The predicted molar refractivity (Wildman–Crippen MR) is 72.7 cm³/mol. The fourth-order valence-corrected chi connectivity index (χ4v) is 2.97. The fraction of sp³-hybridized carbons (Fsp3) is 0.467. The van der Waals surface area contributed by atoms with Gasteiger partial charge in [-0.05, 0) is 18.9 Å². The van der Waals surface area contributed by atoms with Crippen LogP contribution < -0.4 is 4.74 Å². The average molecular weight is 271 g/mol. The minimum atomic E-state index is 0.454. The van der Waals surface area contributed by atoms with E-state index >= 15 is 0 Å². The second-order valence-corrected chi connectivity index (χ2v) is 5.34. The van der Waals surface area contributed by atoms with Gasteiger partial charge < -0.3 is 14.0 Å². The first-order chi connectivity index (χ1) is 9.92. The minimum Gasteiger partial charge on any atom is -0.485 e. The van der Waals surface area contributed by atoms with E-state index in [-0.39, 0.29) is 0 Å². The summed E-state index contributed by atoms with van der Waals surface area (Å²) in [7, 11) is 0. The number of benzene rings is 1. The van der Waals surface area contributed by atoms with E-state index in [0.29, 0.717) is 12.5 Å². The lowest BCUT2D eigenvalue weighted by Crippen LogP contribution is -2.19. The number of para-hydroxylation sites is 1. The van der Waals surface area contributed by atoms with Crippen LogP contribution in [0.5, 0.6) is 5.75 Å². The van der Waals surface area contributed by atoms with Crippen molar-refractivity contribution < 1.29 is 9.47 Å². The lowest BCUT2D eigenvalue weighted by molar-refractivity contribution is 0.0828. The van der Waals surface area contributed by atoms with Gasteiger partial charge in [-0.1, -0.05) is 18.2 Å². The third-order valence-corrected chi connectivity index (χ3v) is 4.10. The fourth-order valence-electron chi connectivity index (χ4n) is 2.97. The Balaban J connectivity index is 1.71. The first-order valence-corrected chi connectivity index (χ1v) is 7.12. The van der Waals surface area contributed by atoms with Crippen LogP contribution in [0.4, 0.5) is 0 Å². The molecule has 20 heavy (non-hydrogen) atoms. The Kier molecular flexibility index (Phi) is 2.92. The van der Waals surface area contributed by atoms with Crippen LogP contribution in [0, 0.1) is 0 Å². The molecule has 0 unspecified atom stereocenters. The summed E-state index contributed by atoms with van der Waals surface area (Å²) in [6, 6.07) is 8.18. The number of rotatable bonds is 1. The van der Waals surface area contributed by atoms with E-state index in [4.69, 9.17) is 9.47 Å². The molecule has 4 rings (SSSR count). The number of hydrogen-bond acceptors (Lipinski definition) is 4. The Morgan fingerprint density at radius 1 is 1.10 bits per heavy atom. The van der Waals surface area contributed by atoms with Gasteiger partial charge in [-0.2, -0.15) is 0 Å². The van der Waals surface area contributed by atoms with Crippen molar-refractivity contribution in [1.29, 1.82) is 0 Å². The monoisotopic (exact) mass is 271 g/mol. The molecule has 0 amide bonds. The number of nitrogens with zero attached hydrogens (tertiary/aromatic N) is 3. The highest BCUT2D eigenvalue weighted by Gasteiger charge is 2.25. The molecule has 0 spiro atoms. The minimum absolute atomic E-state index is 0.454. The van der Waals surface area contributed by atoms with Crippen molar-refractivity contribution >= 4 is 0 Å². The van der Waals surface area contributed by atoms with Gasteiger partial charge in [0.2, 0.25) is 0 Å². The predicted octanol–water partition coefficient (Wildman–Crippen LogP) is 2.11. The molecule has 0 N–H and O–H groups in total. The lowest BCUT2D eigenvalue weighted by Gasteiger charge is -2.22. The summed E-state index contributed by atoms with van der Waals surface area (Å²) >= 11 is 0. The molecule has 2 aromatic rings. The van der Waals surface area contributed by atoms with Crippen LogP contribution in [0.2, 0.25) is 0 Å². The summed E-state index contributed by atoms with van der Waals surface area (Å²) in [4.78, 5) is 0. The lowest BCUT2D eigenvalue weighted by atomic mass is 9.99. The molecule has 2 aliphatic rings. The van der Waals surface area contributed by atoms with Gasteiger partial charge in [-0.25, -0.2) is 0 Å². The van der Waals surface area contributed by atoms with Crippen LogP contribution in [0.15, 0.2) is 24.3 Å². The van der Waals surface area contributed by atoms with Crippen LogP contribution in [-0.2, 0) is 17.9 Å². The van der Waals surface area contributed by atoms with Crippen molar-refractivity contribution in [1.82, 2.24) is 14.8 Å². The van der Waals surface area contributed by atoms with Gasteiger partial charge in [-0.15, -0.1) is 10.2 Å². The summed E-state index contributed by atoms with van der Waals surface area (Å²) in [5.41, 5.74) is 1.19. The molecule has 0 saturated carbocycles. The van der Waals surface area contributed by atoms with Crippen LogP contribution in [0.1, 0.15) is 36.0 Å². The molecule has 5 nitrogen and oxygen atoms in total. The normalized spacial score (nSPS) is 18.8. The number of fused-ring (bicyclic) bond motifs is 2. The maximum atomic E-state index is 5.83. The van der Waals surface area contributed by atoms with E-state index in [1.54, 1.807) is 0 Å². The van der Waals surface area contributed by atoms with Crippen molar-refractivity contribution in [2.24, 2.45) is 0 Å². The van der Waals surface area contributed by atoms with Crippen molar-refractivity contribution in [3.63, 3.8) is 0 Å². The molecule has 2 aliphatic heterocycles. The van der Waals surface area contributed by atoms with Gasteiger partial charge in [0.05, 0.1) is 6.54 Å². The zero-order valence-electron chi connectivity index (χ0n) is 11.3. The van der Waals surface area contributed by atoms with E-state index in [0.717, 1.165) is 50.0 Å². The van der Waals surface area contributed by atoms with Crippen LogP contribution >= 0.6 is 0 Å².